The summed E-state index contributed by atoms with van der Waals surface area (Å²) in [6.07, 6.45) is 2.08. The van der Waals surface area contributed by atoms with Crippen molar-refractivity contribution in [3.8, 4) is 0 Å². The van der Waals surface area contributed by atoms with Crippen molar-refractivity contribution in [1.82, 2.24) is 5.32 Å². The van der Waals surface area contributed by atoms with Crippen molar-refractivity contribution in [2.24, 2.45) is 0 Å². The number of hydrogen-bond acceptors (Lipinski definition) is 4. The lowest BCUT2D eigenvalue weighted by atomic mass is 9.90. The lowest BCUT2D eigenvalue weighted by Gasteiger charge is -2.43. The molecule has 3 fully saturated rings. The van der Waals surface area contributed by atoms with Crippen molar-refractivity contribution >= 4 is 0 Å². The van der Waals surface area contributed by atoms with Gasteiger partial charge in [0.25, 0.3) is 0 Å². The highest BCUT2D eigenvalue weighted by molar-refractivity contribution is 5.15. The van der Waals surface area contributed by atoms with E-state index in [4.69, 9.17) is 14.2 Å². The van der Waals surface area contributed by atoms with Gasteiger partial charge in [0.1, 0.15) is 12.2 Å². The van der Waals surface area contributed by atoms with Gasteiger partial charge in [0.15, 0.2) is 5.79 Å². The van der Waals surface area contributed by atoms with Crippen molar-refractivity contribution in [3.63, 3.8) is 0 Å². The highest BCUT2D eigenvalue weighted by atomic mass is 16.8. The maximum absolute atomic E-state index is 6.27. The summed E-state index contributed by atoms with van der Waals surface area (Å²) in [6.45, 7) is 8.29. The Kier molecular flexibility index (Phi) is 2.26. The van der Waals surface area contributed by atoms with Gasteiger partial charge in [-0.3, -0.25) is 0 Å². The molecule has 0 saturated carbocycles. The Balaban J connectivity index is 1.95. The zero-order valence-corrected chi connectivity index (χ0v) is 11.4. The first kappa shape index (κ1) is 11.9. The molecule has 4 heteroatoms. The van der Waals surface area contributed by atoms with Gasteiger partial charge in [0.05, 0.1) is 11.2 Å². The smallest absolute Gasteiger partial charge is 0.164 e. The van der Waals surface area contributed by atoms with Crippen LogP contribution in [0.25, 0.3) is 0 Å². The van der Waals surface area contributed by atoms with Crippen molar-refractivity contribution in [2.45, 2.75) is 75.8 Å². The van der Waals surface area contributed by atoms with Gasteiger partial charge in [0.2, 0.25) is 0 Å². The highest BCUT2D eigenvalue weighted by Gasteiger charge is 2.68. The summed E-state index contributed by atoms with van der Waals surface area (Å²) < 4.78 is 18.4. The molecule has 3 heterocycles. The third-order valence-corrected chi connectivity index (χ3v) is 4.48. The van der Waals surface area contributed by atoms with Gasteiger partial charge in [-0.05, 0) is 47.6 Å². The second-order valence-electron chi connectivity index (χ2n) is 6.60. The maximum Gasteiger partial charge on any atom is 0.164 e. The monoisotopic (exact) mass is 241 g/mol. The molecule has 2 bridgehead atoms. The molecule has 0 aromatic rings. The molecule has 0 radical (unpaired) electrons. The summed E-state index contributed by atoms with van der Waals surface area (Å²) in [7, 11) is 2.02. The Morgan fingerprint density at radius 2 is 1.41 bits per heavy atom. The van der Waals surface area contributed by atoms with Crippen LogP contribution in [0.1, 0.15) is 40.5 Å². The molecule has 3 rings (SSSR count). The van der Waals surface area contributed by atoms with Gasteiger partial charge in [-0.15, -0.1) is 0 Å². The Morgan fingerprint density at radius 3 is 1.82 bits per heavy atom. The SMILES string of the molecule is CNC1CC2(C)OC(C)(C1)C1OC(C)(C)OC12. The zero-order valence-electron chi connectivity index (χ0n) is 11.4. The molecule has 17 heavy (non-hydrogen) atoms. The summed E-state index contributed by atoms with van der Waals surface area (Å²) in [5.74, 6) is -0.478. The van der Waals surface area contributed by atoms with E-state index in [1.54, 1.807) is 0 Å². The second-order valence-corrected chi connectivity index (χ2v) is 6.60. The van der Waals surface area contributed by atoms with Crippen LogP contribution in [0.3, 0.4) is 0 Å². The Labute approximate surface area is 103 Å². The first-order valence-corrected chi connectivity index (χ1v) is 6.51. The largest absolute Gasteiger partial charge is 0.363 e. The van der Waals surface area contributed by atoms with Gasteiger partial charge >= 0.3 is 0 Å². The van der Waals surface area contributed by atoms with Crippen molar-refractivity contribution in [2.75, 3.05) is 7.05 Å². The second kappa shape index (κ2) is 3.23. The lowest BCUT2D eigenvalue weighted by molar-refractivity contribution is -0.242. The minimum atomic E-state index is -0.478. The Morgan fingerprint density at radius 1 is 0.941 bits per heavy atom. The van der Waals surface area contributed by atoms with E-state index in [-0.39, 0.29) is 23.4 Å². The van der Waals surface area contributed by atoms with Crippen LogP contribution in [0.2, 0.25) is 0 Å². The third kappa shape index (κ3) is 1.58. The molecule has 0 aromatic carbocycles. The zero-order chi connectivity index (χ0) is 12.5. The number of fused-ring (bicyclic) bond motifs is 5. The fourth-order valence-electron chi connectivity index (χ4n) is 3.87. The minimum Gasteiger partial charge on any atom is -0.363 e. The number of hydrogen-bond donors (Lipinski definition) is 1. The first-order chi connectivity index (χ1) is 7.78. The van der Waals surface area contributed by atoms with Crippen LogP contribution in [0.4, 0.5) is 0 Å². The first-order valence-electron chi connectivity index (χ1n) is 6.51. The van der Waals surface area contributed by atoms with Crippen LogP contribution in [0.15, 0.2) is 0 Å². The van der Waals surface area contributed by atoms with E-state index in [1.807, 2.05) is 20.9 Å². The summed E-state index contributed by atoms with van der Waals surface area (Å²) in [5, 5.41) is 3.37. The molecule has 3 saturated heterocycles. The fraction of sp³-hybridized carbons (Fsp3) is 1.00. The average molecular weight is 241 g/mol. The molecular formula is C13H23NO3. The molecule has 3 aliphatic rings. The fourth-order valence-corrected chi connectivity index (χ4v) is 3.87. The van der Waals surface area contributed by atoms with Crippen LogP contribution in [-0.4, -0.2) is 42.3 Å². The van der Waals surface area contributed by atoms with Crippen LogP contribution in [0.5, 0.6) is 0 Å². The molecule has 4 atom stereocenters. The molecular weight excluding hydrogens is 218 g/mol. The predicted molar refractivity (Wildman–Crippen MR) is 63.8 cm³/mol. The lowest BCUT2D eigenvalue weighted by Crippen LogP contribution is -2.52. The Bertz CT molecular complexity index is 318. The van der Waals surface area contributed by atoms with Gasteiger partial charge in [-0.25, -0.2) is 0 Å². The molecule has 3 aliphatic heterocycles. The summed E-state index contributed by atoms with van der Waals surface area (Å²) in [6, 6.07) is 0.486. The number of rotatable bonds is 1. The molecule has 0 aliphatic carbocycles. The van der Waals surface area contributed by atoms with E-state index in [9.17, 15) is 0 Å². The molecule has 4 unspecified atom stereocenters. The van der Waals surface area contributed by atoms with E-state index in [2.05, 4.69) is 19.2 Å². The average Bonchev–Trinajstić information content (AvgIpc) is 2.60. The standard InChI is InChI=1S/C13H23NO3/c1-11(2)15-9-10(16-11)13(4)7-8(14-5)6-12(9,3)17-13/h8-10,14H,6-7H2,1-5H3. The van der Waals surface area contributed by atoms with E-state index >= 15 is 0 Å². The van der Waals surface area contributed by atoms with Crippen LogP contribution in [0, 0.1) is 0 Å². The molecule has 1 N–H and O–H groups in total. The van der Waals surface area contributed by atoms with Crippen molar-refractivity contribution in [1.29, 1.82) is 0 Å². The molecule has 0 amide bonds. The van der Waals surface area contributed by atoms with E-state index in [0.717, 1.165) is 12.8 Å². The minimum absolute atomic E-state index is 0.0563. The third-order valence-electron chi connectivity index (χ3n) is 4.48. The predicted octanol–water partition coefficient (Wildman–Crippen LogP) is 1.44. The van der Waals surface area contributed by atoms with E-state index in [0.29, 0.717) is 6.04 Å². The maximum atomic E-state index is 6.27. The number of nitrogens with one attached hydrogen (secondary N) is 1. The van der Waals surface area contributed by atoms with E-state index in [1.165, 1.54) is 0 Å². The molecule has 0 aromatic heterocycles. The quantitative estimate of drug-likeness (QED) is 0.754. The van der Waals surface area contributed by atoms with Crippen LogP contribution < -0.4 is 5.32 Å². The summed E-state index contributed by atoms with van der Waals surface area (Å²) in [5.41, 5.74) is -0.446. The topological polar surface area (TPSA) is 39.7 Å². The summed E-state index contributed by atoms with van der Waals surface area (Å²) in [4.78, 5) is 0. The Hall–Kier alpha value is -0.160. The van der Waals surface area contributed by atoms with Crippen molar-refractivity contribution in [3.05, 3.63) is 0 Å². The van der Waals surface area contributed by atoms with Gasteiger partial charge < -0.3 is 19.5 Å². The molecule has 98 valence electrons. The van der Waals surface area contributed by atoms with Crippen LogP contribution >= 0.6 is 0 Å². The highest BCUT2D eigenvalue weighted by Crippen LogP contribution is 2.55. The van der Waals surface area contributed by atoms with E-state index < -0.39 is 5.79 Å². The van der Waals surface area contributed by atoms with Crippen LogP contribution in [-0.2, 0) is 14.2 Å². The van der Waals surface area contributed by atoms with Gasteiger partial charge in [-0.1, -0.05) is 0 Å². The molecule has 0 spiro atoms. The summed E-state index contributed by atoms with van der Waals surface area (Å²) >= 11 is 0. The van der Waals surface area contributed by atoms with Gasteiger partial charge in [-0.2, -0.15) is 0 Å². The molecule has 4 nitrogen and oxygen atoms in total. The van der Waals surface area contributed by atoms with Gasteiger partial charge in [0, 0.05) is 6.04 Å². The normalized spacial score (nSPS) is 55.9. The number of ether oxygens (including phenoxy) is 3. The van der Waals surface area contributed by atoms with Crippen molar-refractivity contribution < 1.29 is 14.2 Å².